The van der Waals surface area contributed by atoms with Gasteiger partial charge in [0, 0.05) is 33.3 Å². The number of non-ortho nitro benzene ring substituents is 1. The highest BCUT2D eigenvalue weighted by Crippen LogP contribution is 2.36. The van der Waals surface area contributed by atoms with Gasteiger partial charge in [0.15, 0.2) is 0 Å². The Morgan fingerprint density at radius 2 is 1.97 bits per heavy atom. The zero-order valence-electron chi connectivity index (χ0n) is 17.6. The van der Waals surface area contributed by atoms with Gasteiger partial charge in [-0.3, -0.25) is 10.1 Å². The van der Waals surface area contributed by atoms with E-state index >= 15 is 0 Å². The van der Waals surface area contributed by atoms with Crippen LogP contribution in [0.15, 0.2) is 72.0 Å². The molecule has 0 atom stereocenters. The number of hydrogen-bond acceptors (Lipinski definition) is 9. The van der Waals surface area contributed by atoms with Crippen LogP contribution in [0.3, 0.4) is 0 Å². The van der Waals surface area contributed by atoms with Crippen LogP contribution in [0.25, 0.3) is 28.9 Å². The number of hydrogen-bond donors (Lipinski definition) is 1. The second-order valence-corrected chi connectivity index (χ2v) is 9.04. The third-order valence-corrected chi connectivity index (χ3v) is 6.28. The Morgan fingerprint density at radius 3 is 2.66 bits per heavy atom. The standard InChI is InChI=1S/C22H13BrClN3O7S/c1-32-17-6-2-11(24)8-15(17)20-25-26-22(34-20)35-19(21(28)29)10-13-4-7-18(33-13)14-5-3-12(27(30)31)9-16(14)23/h2-10H,1H3,(H,28,29)/b19-10-. The monoisotopic (exact) mass is 577 g/mol. The minimum Gasteiger partial charge on any atom is -0.496 e. The molecule has 0 aliphatic rings. The molecule has 0 radical (unpaired) electrons. The number of nitrogens with zero attached hydrogens (tertiary/aromatic N) is 3. The summed E-state index contributed by atoms with van der Waals surface area (Å²) in [6, 6.07) is 12.3. The van der Waals surface area contributed by atoms with Crippen LogP contribution in [0.4, 0.5) is 5.69 Å². The van der Waals surface area contributed by atoms with E-state index in [1.165, 1.54) is 31.4 Å². The summed E-state index contributed by atoms with van der Waals surface area (Å²) in [5.41, 5.74) is 0.951. The second-order valence-electron chi connectivity index (χ2n) is 6.76. The molecule has 0 saturated heterocycles. The molecule has 13 heteroatoms. The number of ether oxygens (including phenoxy) is 1. The lowest BCUT2D eigenvalue weighted by atomic mass is 10.1. The Labute approximate surface area is 214 Å². The lowest BCUT2D eigenvalue weighted by Gasteiger charge is -2.04. The maximum absolute atomic E-state index is 11.8. The number of carboxylic acid groups (broad SMARTS) is 1. The van der Waals surface area contributed by atoms with Crippen molar-refractivity contribution in [2.75, 3.05) is 7.11 Å². The van der Waals surface area contributed by atoms with Gasteiger partial charge in [-0.15, -0.1) is 10.2 Å². The molecule has 4 rings (SSSR count). The van der Waals surface area contributed by atoms with E-state index in [1.54, 1.807) is 30.3 Å². The molecule has 0 bridgehead atoms. The predicted molar refractivity (Wildman–Crippen MR) is 131 cm³/mol. The first-order valence-corrected chi connectivity index (χ1v) is 11.6. The van der Waals surface area contributed by atoms with Crippen LogP contribution in [-0.4, -0.2) is 33.3 Å². The number of aliphatic carboxylic acids is 1. The van der Waals surface area contributed by atoms with E-state index in [2.05, 4.69) is 26.1 Å². The summed E-state index contributed by atoms with van der Waals surface area (Å²) in [5, 5.41) is 28.9. The van der Waals surface area contributed by atoms with E-state index in [0.29, 0.717) is 32.1 Å². The first-order valence-electron chi connectivity index (χ1n) is 9.59. The lowest BCUT2D eigenvalue weighted by Crippen LogP contribution is -1.96. The molecule has 0 fully saturated rings. The van der Waals surface area contributed by atoms with Gasteiger partial charge >= 0.3 is 5.97 Å². The van der Waals surface area contributed by atoms with E-state index in [9.17, 15) is 20.0 Å². The normalized spacial score (nSPS) is 11.5. The predicted octanol–water partition coefficient (Wildman–Crippen LogP) is 6.55. The van der Waals surface area contributed by atoms with E-state index in [1.807, 2.05) is 0 Å². The number of furan rings is 1. The molecule has 4 aromatic rings. The van der Waals surface area contributed by atoms with Gasteiger partial charge in [0.2, 0.25) is 0 Å². The third kappa shape index (κ3) is 5.56. The SMILES string of the molecule is COc1ccc(Cl)cc1-c1nnc(S/C(=C\c2ccc(-c3ccc([N+](=O)[O-])cc3Br)o2)C(=O)O)o1. The van der Waals surface area contributed by atoms with E-state index in [4.69, 9.17) is 25.2 Å². The number of thioether (sulfide) groups is 1. The van der Waals surface area contributed by atoms with Crippen LogP contribution < -0.4 is 4.74 Å². The van der Waals surface area contributed by atoms with Gasteiger partial charge in [-0.2, -0.15) is 0 Å². The summed E-state index contributed by atoms with van der Waals surface area (Å²) >= 11 is 10.1. The second kappa shape index (κ2) is 10.3. The van der Waals surface area contributed by atoms with Crippen LogP contribution in [0.5, 0.6) is 5.75 Å². The van der Waals surface area contributed by atoms with E-state index < -0.39 is 10.9 Å². The summed E-state index contributed by atoms with van der Waals surface area (Å²) < 4.78 is 17.1. The highest BCUT2D eigenvalue weighted by atomic mass is 79.9. The highest BCUT2D eigenvalue weighted by molar-refractivity contribution is 9.10. The topological polar surface area (TPSA) is 142 Å². The summed E-state index contributed by atoms with van der Waals surface area (Å²) in [7, 11) is 1.48. The van der Waals surface area contributed by atoms with Crippen molar-refractivity contribution in [3.63, 3.8) is 0 Å². The molecule has 10 nitrogen and oxygen atoms in total. The van der Waals surface area contributed by atoms with Crippen molar-refractivity contribution in [1.82, 2.24) is 10.2 Å². The molecule has 2 aromatic carbocycles. The molecule has 0 amide bonds. The summed E-state index contributed by atoms with van der Waals surface area (Å²) in [5.74, 6) is -0.0270. The zero-order valence-corrected chi connectivity index (χ0v) is 20.8. The van der Waals surface area contributed by atoms with Crippen molar-refractivity contribution in [3.8, 4) is 28.5 Å². The van der Waals surface area contributed by atoms with Gasteiger partial charge in [-0.25, -0.2) is 4.79 Å². The molecule has 178 valence electrons. The van der Waals surface area contributed by atoms with Crippen LogP contribution >= 0.6 is 39.3 Å². The average Bonchev–Trinajstić information content (AvgIpc) is 3.48. The highest BCUT2D eigenvalue weighted by Gasteiger charge is 2.19. The summed E-state index contributed by atoms with van der Waals surface area (Å²) in [6.45, 7) is 0. The van der Waals surface area contributed by atoms with Crippen LogP contribution in [0, 0.1) is 10.1 Å². The molecule has 0 aliphatic carbocycles. The number of rotatable bonds is 8. The maximum atomic E-state index is 11.8. The molecule has 35 heavy (non-hydrogen) atoms. The molecular formula is C22H13BrClN3O7S. The largest absolute Gasteiger partial charge is 0.496 e. The van der Waals surface area contributed by atoms with Crippen LogP contribution in [0.1, 0.15) is 5.76 Å². The number of nitro groups is 1. The van der Waals surface area contributed by atoms with Gasteiger partial charge in [0.25, 0.3) is 16.8 Å². The number of aromatic nitrogens is 2. The number of nitro benzene ring substituents is 1. The molecule has 1 N–H and O–H groups in total. The molecule has 0 unspecified atom stereocenters. The molecule has 0 aliphatic heterocycles. The number of carbonyl (C=O) groups is 1. The minimum absolute atomic E-state index is 0.0134. The number of methoxy groups -OCH3 is 1. The van der Waals surface area contributed by atoms with Gasteiger partial charge in [-0.05, 0) is 64.1 Å². The number of benzene rings is 2. The van der Waals surface area contributed by atoms with Crippen molar-refractivity contribution in [2.45, 2.75) is 5.22 Å². The minimum atomic E-state index is -1.23. The van der Waals surface area contributed by atoms with Gasteiger partial charge in [0.05, 0.1) is 17.6 Å². The Balaban J connectivity index is 1.59. The van der Waals surface area contributed by atoms with Crippen molar-refractivity contribution >= 4 is 57.0 Å². The van der Waals surface area contributed by atoms with Crippen LogP contribution in [-0.2, 0) is 4.79 Å². The van der Waals surface area contributed by atoms with Crippen molar-refractivity contribution in [3.05, 3.63) is 78.8 Å². The summed E-state index contributed by atoms with van der Waals surface area (Å²) in [4.78, 5) is 22.1. The smallest absolute Gasteiger partial charge is 0.342 e. The quantitative estimate of drug-likeness (QED) is 0.106. The third-order valence-electron chi connectivity index (χ3n) is 4.54. The van der Waals surface area contributed by atoms with E-state index in [-0.39, 0.29) is 27.5 Å². The molecule has 2 aromatic heterocycles. The Hall–Kier alpha value is -3.61. The summed E-state index contributed by atoms with van der Waals surface area (Å²) in [6.07, 6.45) is 1.31. The molecule has 2 heterocycles. The first-order chi connectivity index (χ1) is 16.7. The molecular weight excluding hydrogens is 566 g/mol. The lowest BCUT2D eigenvalue weighted by molar-refractivity contribution is -0.384. The van der Waals surface area contributed by atoms with Crippen molar-refractivity contribution in [1.29, 1.82) is 0 Å². The molecule has 0 saturated carbocycles. The average molecular weight is 579 g/mol. The Kier molecular flexibility index (Phi) is 7.24. The first kappa shape index (κ1) is 24.5. The van der Waals surface area contributed by atoms with Gasteiger partial charge in [-0.1, -0.05) is 11.6 Å². The Morgan fingerprint density at radius 1 is 1.17 bits per heavy atom. The zero-order chi connectivity index (χ0) is 25.1. The van der Waals surface area contributed by atoms with Crippen molar-refractivity contribution in [2.24, 2.45) is 0 Å². The number of carboxylic acids is 1. The van der Waals surface area contributed by atoms with Crippen molar-refractivity contribution < 1.29 is 28.4 Å². The maximum Gasteiger partial charge on any atom is 0.342 e. The van der Waals surface area contributed by atoms with Crippen LogP contribution in [0.2, 0.25) is 5.02 Å². The Bertz CT molecular complexity index is 1470. The fraction of sp³-hybridized carbons (Fsp3) is 0.0455. The number of halogens is 2. The fourth-order valence-electron chi connectivity index (χ4n) is 2.96. The van der Waals surface area contributed by atoms with Gasteiger partial charge < -0.3 is 18.7 Å². The van der Waals surface area contributed by atoms with Gasteiger partial charge in [0.1, 0.15) is 22.2 Å². The van der Waals surface area contributed by atoms with E-state index in [0.717, 1.165) is 11.8 Å². The molecule has 0 spiro atoms. The fourth-order valence-corrected chi connectivity index (χ4v) is 4.34.